The van der Waals surface area contributed by atoms with E-state index in [-0.39, 0.29) is 37.1 Å². The third-order valence-electron chi connectivity index (χ3n) is 4.60. The lowest BCUT2D eigenvalue weighted by molar-refractivity contribution is -0.274. The first kappa shape index (κ1) is 20.7. The van der Waals surface area contributed by atoms with Crippen LogP contribution in [0.5, 0.6) is 5.75 Å². The number of hydrogen-bond donors (Lipinski definition) is 1. The van der Waals surface area contributed by atoms with Gasteiger partial charge >= 0.3 is 6.36 Å². The zero-order valence-electron chi connectivity index (χ0n) is 16.0. The van der Waals surface area contributed by atoms with Crippen LogP contribution in [0.2, 0.25) is 0 Å². The number of ether oxygens (including phenoxy) is 1. The molecule has 8 heteroatoms. The molecule has 2 aromatic carbocycles. The summed E-state index contributed by atoms with van der Waals surface area (Å²) in [6.07, 6.45) is -4.64. The molecule has 1 heterocycles. The Kier molecular flexibility index (Phi) is 5.81. The largest absolute Gasteiger partial charge is 0.573 e. The summed E-state index contributed by atoms with van der Waals surface area (Å²) >= 11 is 0. The molecular formula is C21H21F3N2O3. The monoisotopic (exact) mass is 406 g/mol. The van der Waals surface area contributed by atoms with Gasteiger partial charge in [0.25, 0.3) is 0 Å². The van der Waals surface area contributed by atoms with Crippen molar-refractivity contribution in [3.63, 3.8) is 0 Å². The Morgan fingerprint density at radius 2 is 1.76 bits per heavy atom. The van der Waals surface area contributed by atoms with Gasteiger partial charge in [-0.1, -0.05) is 18.2 Å². The zero-order valence-corrected chi connectivity index (χ0v) is 16.0. The summed E-state index contributed by atoms with van der Waals surface area (Å²) in [5.74, 6) is -1.18. The Morgan fingerprint density at radius 3 is 2.34 bits per heavy atom. The summed E-state index contributed by atoms with van der Waals surface area (Å²) in [6.45, 7) is 4.36. The van der Waals surface area contributed by atoms with E-state index in [1.165, 1.54) is 29.2 Å². The summed E-state index contributed by atoms with van der Waals surface area (Å²) in [6, 6.07) is 11.1. The minimum atomic E-state index is -4.75. The molecule has 3 rings (SSSR count). The van der Waals surface area contributed by atoms with E-state index in [2.05, 4.69) is 10.1 Å². The lowest BCUT2D eigenvalue weighted by Crippen LogP contribution is -2.28. The van der Waals surface area contributed by atoms with Crippen LogP contribution in [-0.4, -0.2) is 29.6 Å². The van der Waals surface area contributed by atoms with Crippen molar-refractivity contribution in [2.24, 2.45) is 5.92 Å². The van der Waals surface area contributed by atoms with Crippen molar-refractivity contribution in [1.82, 2.24) is 4.90 Å². The quantitative estimate of drug-likeness (QED) is 0.810. The van der Waals surface area contributed by atoms with Gasteiger partial charge < -0.3 is 15.0 Å². The van der Waals surface area contributed by atoms with Crippen molar-refractivity contribution in [1.29, 1.82) is 0 Å². The van der Waals surface area contributed by atoms with E-state index in [0.29, 0.717) is 11.3 Å². The van der Waals surface area contributed by atoms with Crippen molar-refractivity contribution in [2.45, 2.75) is 33.2 Å². The Morgan fingerprint density at radius 1 is 1.14 bits per heavy atom. The predicted molar refractivity (Wildman–Crippen MR) is 101 cm³/mol. The molecule has 1 N–H and O–H groups in total. The molecule has 0 radical (unpaired) electrons. The molecule has 1 unspecified atom stereocenters. The highest BCUT2D eigenvalue weighted by Gasteiger charge is 2.34. The van der Waals surface area contributed by atoms with E-state index in [9.17, 15) is 22.8 Å². The summed E-state index contributed by atoms with van der Waals surface area (Å²) in [5, 5.41) is 2.86. The number of halogens is 3. The third-order valence-corrected chi connectivity index (χ3v) is 4.60. The number of aryl methyl sites for hydroxylation is 2. The fraction of sp³-hybridized carbons (Fsp3) is 0.333. The van der Waals surface area contributed by atoms with E-state index in [1.54, 1.807) is 0 Å². The molecule has 0 saturated carbocycles. The highest BCUT2D eigenvalue weighted by Crippen LogP contribution is 2.25. The number of hydrogen-bond acceptors (Lipinski definition) is 3. The Balaban J connectivity index is 1.59. The molecule has 2 amide bonds. The second-order valence-electron chi connectivity index (χ2n) is 7.23. The maximum atomic E-state index is 12.5. The van der Waals surface area contributed by atoms with Crippen molar-refractivity contribution >= 4 is 17.5 Å². The summed E-state index contributed by atoms with van der Waals surface area (Å²) in [5.41, 5.74) is 3.41. The average Bonchev–Trinajstić information content (AvgIpc) is 2.95. The molecule has 29 heavy (non-hydrogen) atoms. The molecule has 5 nitrogen and oxygen atoms in total. The van der Waals surface area contributed by atoms with Gasteiger partial charge in [0, 0.05) is 25.2 Å². The van der Waals surface area contributed by atoms with Crippen LogP contribution in [0.4, 0.5) is 18.9 Å². The van der Waals surface area contributed by atoms with Gasteiger partial charge in [-0.05, 0) is 54.8 Å². The molecular weight excluding hydrogens is 385 g/mol. The number of likely N-dealkylation sites (tertiary alicyclic amines) is 1. The highest BCUT2D eigenvalue weighted by atomic mass is 19.4. The molecule has 154 valence electrons. The molecule has 1 aliphatic heterocycles. The van der Waals surface area contributed by atoms with Crippen LogP contribution in [0.25, 0.3) is 0 Å². The second kappa shape index (κ2) is 8.14. The van der Waals surface area contributed by atoms with Crippen LogP contribution >= 0.6 is 0 Å². The SMILES string of the molecule is Cc1cc(C)cc(NC(=O)C2CC(=O)N(Cc3ccc(OC(F)(F)F)cc3)C2)c1. The van der Waals surface area contributed by atoms with Gasteiger partial charge in [0.1, 0.15) is 5.75 Å². The number of amides is 2. The first-order chi connectivity index (χ1) is 13.6. The molecule has 1 saturated heterocycles. The van der Waals surface area contributed by atoms with Gasteiger partial charge in [-0.2, -0.15) is 0 Å². The fourth-order valence-electron chi connectivity index (χ4n) is 3.41. The van der Waals surface area contributed by atoms with Crippen LogP contribution in [0.1, 0.15) is 23.1 Å². The van der Waals surface area contributed by atoms with Crippen molar-refractivity contribution in [3.8, 4) is 5.75 Å². The number of benzene rings is 2. The average molecular weight is 406 g/mol. The normalized spacial score (nSPS) is 16.8. The molecule has 1 atom stereocenters. The maximum Gasteiger partial charge on any atom is 0.573 e. The van der Waals surface area contributed by atoms with Crippen LogP contribution in [-0.2, 0) is 16.1 Å². The molecule has 0 aliphatic carbocycles. The molecule has 0 bridgehead atoms. The maximum absolute atomic E-state index is 12.5. The lowest BCUT2D eigenvalue weighted by Gasteiger charge is -2.17. The van der Waals surface area contributed by atoms with E-state index >= 15 is 0 Å². The van der Waals surface area contributed by atoms with E-state index in [4.69, 9.17) is 0 Å². The van der Waals surface area contributed by atoms with Crippen LogP contribution in [0.15, 0.2) is 42.5 Å². The minimum absolute atomic E-state index is 0.103. The van der Waals surface area contributed by atoms with Gasteiger partial charge in [-0.15, -0.1) is 13.2 Å². The Hall–Kier alpha value is -3.03. The number of rotatable bonds is 5. The standard InChI is InChI=1S/C21H21F3N2O3/c1-13-7-14(2)9-17(8-13)25-20(28)16-10-19(27)26(12-16)11-15-3-5-18(6-4-15)29-21(22,23)24/h3-9,16H,10-12H2,1-2H3,(H,25,28). The van der Waals surface area contributed by atoms with Gasteiger partial charge in [-0.25, -0.2) is 0 Å². The number of carbonyl (C=O) groups excluding carboxylic acids is 2. The number of nitrogens with one attached hydrogen (secondary N) is 1. The number of nitrogens with zero attached hydrogens (tertiary/aromatic N) is 1. The van der Waals surface area contributed by atoms with Crippen molar-refractivity contribution < 1.29 is 27.5 Å². The smallest absolute Gasteiger partial charge is 0.406 e. The lowest BCUT2D eigenvalue weighted by atomic mass is 10.1. The van der Waals surface area contributed by atoms with Crippen LogP contribution < -0.4 is 10.1 Å². The van der Waals surface area contributed by atoms with Gasteiger partial charge in [0.2, 0.25) is 11.8 Å². The van der Waals surface area contributed by atoms with E-state index in [1.807, 2.05) is 32.0 Å². The molecule has 1 aliphatic rings. The third kappa shape index (κ3) is 5.73. The van der Waals surface area contributed by atoms with Crippen molar-refractivity contribution in [2.75, 3.05) is 11.9 Å². The van der Waals surface area contributed by atoms with E-state index in [0.717, 1.165) is 11.1 Å². The Labute approximate surface area is 166 Å². The molecule has 1 fully saturated rings. The molecule has 0 spiro atoms. The minimum Gasteiger partial charge on any atom is -0.406 e. The summed E-state index contributed by atoms with van der Waals surface area (Å²) < 4.78 is 40.5. The van der Waals surface area contributed by atoms with Gasteiger partial charge in [0.15, 0.2) is 0 Å². The zero-order chi connectivity index (χ0) is 21.2. The van der Waals surface area contributed by atoms with E-state index < -0.39 is 12.3 Å². The number of anilines is 1. The Bertz CT molecular complexity index is 890. The van der Waals surface area contributed by atoms with Crippen LogP contribution in [0, 0.1) is 19.8 Å². The first-order valence-electron chi connectivity index (χ1n) is 9.11. The second-order valence-corrected chi connectivity index (χ2v) is 7.23. The highest BCUT2D eigenvalue weighted by molar-refractivity contribution is 5.97. The van der Waals surface area contributed by atoms with Gasteiger partial charge in [0.05, 0.1) is 5.92 Å². The molecule has 0 aromatic heterocycles. The van der Waals surface area contributed by atoms with Crippen molar-refractivity contribution in [3.05, 3.63) is 59.2 Å². The topological polar surface area (TPSA) is 58.6 Å². The summed E-state index contributed by atoms with van der Waals surface area (Å²) in [7, 11) is 0. The number of alkyl halides is 3. The fourth-order valence-corrected chi connectivity index (χ4v) is 3.41. The summed E-state index contributed by atoms with van der Waals surface area (Å²) in [4.78, 5) is 26.4. The van der Waals surface area contributed by atoms with Crippen LogP contribution in [0.3, 0.4) is 0 Å². The first-order valence-corrected chi connectivity index (χ1v) is 9.11. The molecule has 2 aromatic rings. The number of carbonyl (C=O) groups is 2. The predicted octanol–water partition coefficient (Wildman–Crippen LogP) is 4.19. The van der Waals surface area contributed by atoms with Gasteiger partial charge in [-0.3, -0.25) is 9.59 Å².